The van der Waals surface area contributed by atoms with Gasteiger partial charge in [-0.25, -0.2) is 9.13 Å². The maximum absolute atomic E-state index is 13.1. The molecule has 18 heteroatoms. The van der Waals surface area contributed by atoms with E-state index in [4.69, 9.17) is 32.3 Å². The van der Waals surface area contributed by atoms with E-state index >= 15 is 0 Å². The smallest absolute Gasteiger partial charge is 0.463 e. The number of esters is 3. The molecular formula is C97H162O16P2. The molecule has 0 rings (SSSR count). The summed E-state index contributed by atoms with van der Waals surface area (Å²) in [5.41, 5.74) is 0. The number of aliphatic hydroxyl groups is 2. The van der Waals surface area contributed by atoms with E-state index in [0.717, 1.165) is 205 Å². The highest BCUT2D eigenvalue weighted by Crippen LogP contribution is 2.45. The van der Waals surface area contributed by atoms with E-state index in [1.165, 1.54) is 89.9 Å². The summed E-state index contributed by atoms with van der Waals surface area (Å²) in [6.07, 6.45) is 115. The van der Waals surface area contributed by atoms with Crippen molar-refractivity contribution in [3.8, 4) is 0 Å². The second kappa shape index (κ2) is 87.9. The van der Waals surface area contributed by atoms with Gasteiger partial charge in [-0.05, 0) is 154 Å². The average molecular weight is 1650 g/mol. The second-order valence-corrected chi connectivity index (χ2v) is 32.5. The highest BCUT2D eigenvalue weighted by molar-refractivity contribution is 7.47. The number of ether oxygens (including phenoxy) is 3. The molecule has 0 fully saturated rings. The minimum absolute atomic E-state index is 0.0829. The molecule has 0 aromatic heterocycles. The minimum atomic E-state index is -4.95. The predicted molar refractivity (Wildman–Crippen MR) is 481 cm³/mol. The largest absolute Gasteiger partial charge is 0.472 e. The average Bonchev–Trinajstić information content (AvgIpc) is 0.906. The van der Waals surface area contributed by atoms with Crippen LogP contribution in [-0.4, -0.2) is 95.9 Å². The third-order valence-corrected chi connectivity index (χ3v) is 20.5. The fourth-order valence-corrected chi connectivity index (χ4v) is 13.5. The number of aliphatic hydroxyl groups excluding tert-OH is 2. The zero-order valence-electron chi connectivity index (χ0n) is 72.1. The number of phosphoric acid groups is 2. The molecule has 0 spiro atoms. The van der Waals surface area contributed by atoms with E-state index < -0.39 is 91.5 Å². The number of carbonyl (C=O) groups is 3. The minimum Gasteiger partial charge on any atom is -0.463 e. The Hall–Kier alpha value is -5.35. The van der Waals surface area contributed by atoms with Gasteiger partial charge in [0.15, 0.2) is 6.10 Å². The lowest BCUT2D eigenvalue weighted by Gasteiger charge is -2.21. The van der Waals surface area contributed by atoms with Gasteiger partial charge in [-0.15, -0.1) is 0 Å². The van der Waals surface area contributed by atoms with Gasteiger partial charge in [-0.2, -0.15) is 0 Å². The Kier molecular flexibility index (Phi) is 83.9. The summed E-state index contributed by atoms with van der Waals surface area (Å²) in [7, 11) is -9.82. The van der Waals surface area contributed by atoms with Gasteiger partial charge in [-0.3, -0.25) is 32.5 Å². The Balaban J connectivity index is 4.59. The van der Waals surface area contributed by atoms with Crippen LogP contribution in [0.3, 0.4) is 0 Å². The predicted octanol–water partition coefficient (Wildman–Crippen LogP) is 27.7. The molecular weight excluding hydrogens is 1480 g/mol. The number of hydrogen-bond donors (Lipinski definition) is 4. The van der Waals surface area contributed by atoms with E-state index in [0.29, 0.717) is 19.3 Å². The summed E-state index contributed by atoms with van der Waals surface area (Å²) in [5.74, 6) is -1.60. The van der Waals surface area contributed by atoms with Crippen molar-refractivity contribution in [1.82, 2.24) is 0 Å². The molecule has 0 aliphatic rings. The molecule has 0 aliphatic carbocycles. The Bertz CT molecular complexity index is 2820. The van der Waals surface area contributed by atoms with Gasteiger partial charge < -0.3 is 34.2 Å². The van der Waals surface area contributed by atoms with Crippen LogP contribution in [0.15, 0.2) is 182 Å². The van der Waals surface area contributed by atoms with Crippen LogP contribution in [0.5, 0.6) is 0 Å². The van der Waals surface area contributed by atoms with Crippen molar-refractivity contribution in [2.45, 2.75) is 373 Å². The Morgan fingerprint density at radius 3 is 0.687 bits per heavy atom. The third-order valence-electron chi connectivity index (χ3n) is 18.6. The number of hydrogen-bond acceptors (Lipinski definition) is 14. The molecule has 656 valence electrons. The fourth-order valence-electron chi connectivity index (χ4n) is 11.9. The molecule has 0 radical (unpaired) electrons. The van der Waals surface area contributed by atoms with Crippen molar-refractivity contribution < 1.29 is 75.8 Å². The number of phosphoric ester groups is 2. The Morgan fingerprint density at radius 1 is 0.243 bits per heavy atom. The summed E-state index contributed by atoms with van der Waals surface area (Å²) in [6.45, 7) is 2.34. The number of rotatable bonds is 84. The summed E-state index contributed by atoms with van der Waals surface area (Å²) in [5, 5.41) is 20.7. The van der Waals surface area contributed by atoms with Gasteiger partial charge in [0, 0.05) is 19.3 Å². The molecule has 0 aromatic rings. The van der Waals surface area contributed by atoms with Gasteiger partial charge in [0.2, 0.25) is 0 Å². The van der Waals surface area contributed by atoms with Crippen LogP contribution in [0.1, 0.15) is 355 Å². The van der Waals surface area contributed by atoms with Crippen LogP contribution < -0.4 is 0 Å². The van der Waals surface area contributed by atoms with Crippen LogP contribution in [-0.2, 0) is 55.8 Å². The molecule has 0 amide bonds. The highest BCUT2D eigenvalue weighted by Gasteiger charge is 2.29. The van der Waals surface area contributed by atoms with Crippen molar-refractivity contribution >= 4 is 33.6 Å². The normalized spacial score (nSPS) is 14.7. The Labute approximate surface area is 700 Å². The van der Waals surface area contributed by atoms with Crippen LogP contribution in [0.4, 0.5) is 0 Å². The van der Waals surface area contributed by atoms with Gasteiger partial charge >= 0.3 is 33.6 Å². The summed E-state index contributed by atoms with van der Waals surface area (Å²) < 4.78 is 61.4. The molecule has 16 nitrogen and oxygen atoms in total. The van der Waals surface area contributed by atoms with Crippen molar-refractivity contribution in [2.24, 2.45) is 0 Å². The fraction of sp³-hybridized carbons (Fsp3) is 0.660. The monoisotopic (exact) mass is 1650 g/mol. The number of allylic oxidation sites excluding steroid dienone is 30. The van der Waals surface area contributed by atoms with Gasteiger partial charge in [0.1, 0.15) is 25.4 Å². The summed E-state index contributed by atoms with van der Waals surface area (Å²) >= 11 is 0. The third kappa shape index (κ3) is 89.3. The summed E-state index contributed by atoms with van der Waals surface area (Å²) in [4.78, 5) is 59.0. The molecule has 0 bridgehead atoms. The quantitative estimate of drug-likeness (QED) is 0.0146. The van der Waals surface area contributed by atoms with Crippen LogP contribution in [0.2, 0.25) is 0 Å². The van der Waals surface area contributed by atoms with Crippen LogP contribution in [0.25, 0.3) is 0 Å². The van der Waals surface area contributed by atoms with Gasteiger partial charge in [0.05, 0.1) is 26.4 Å². The van der Waals surface area contributed by atoms with Crippen molar-refractivity contribution in [1.29, 1.82) is 0 Å². The molecule has 5 atom stereocenters. The van der Waals surface area contributed by atoms with Crippen LogP contribution >= 0.6 is 15.6 Å². The SMILES string of the molecule is CC/C=C\C/C=C\C/C=C\C/C=C\C/C=C\CCCCCCCCCCCCCCCCCCCC(=O)OCC(O)COP(=O)(O)OCC(O)COP(=O)(O)OCC(COC(=O)CCCCCCCCC/C=C\C/C=C\C/C=C\C/C=C\C/C=C\CC)OC(=O)CCCCCCCCC/C=C\C/C=C\C/C=C\C/C=C\C/C=C\CC. The maximum atomic E-state index is 13.1. The van der Waals surface area contributed by atoms with Crippen LogP contribution in [0, 0.1) is 0 Å². The second-order valence-electron chi connectivity index (χ2n) is 29.6. The zero-order valence-corrected chi connectivity index (χ0v) is 73.9. The van der Waals surface area contributed by atoms with Gasteiger partial charge in [0.25, 0.3) is 0 Å². The van der Waals surface area contributed by atoms with Crippen molar-refractivity contribution in [3.63, 3.8) is 0 Å². The van der Waals surface area contributed by atoms with E-state index in [1.807, 2.05) is 0 Å². The molecule has 0 aromatic carbocycles. The number of carbonyl (C=O) groups excluding carboxylic acids is 3. The molecule has 0 saturated heterocycles. The molecule has 4 N–H and O–H groups in total. The molecule has 0 aliphatic heterocycles. The molecule has 115 heavy (non-hydrogen) atoms. The lowest BCUT2D eigenvalue weighted by Crippen LogP contribution is -2.30. The van der Waals surface area contributed by atoms with Crippen molar-refractivity contribution in [3.05, 3.63) is 182 Å². The topological polar surface area (TPSA) is 231 Å². The van der Waals surface area contributed by atoms with E-state index in [-0.39, 0.29) is 19.3 Å². The lowest BCUT2D eigenvalue weighted by molar-refractivity contribution is -0.161. The lowest BCUT2D eigenvalue weighted by atomic mass is 10.0. The maximum Gasteiger partial charge on any atom is 0.472 e. The van der Waals surface area contributed by atoms with Crippen molar-refractivity contribution in [2.75, 3.05) is 39.6 Å². The highest BCUT2D eigenvalue weighted by atomic mass is 31.2. The van der Waals surface area contributed by atoms with E-state index in [9.17, 15) is 43.5 Å². The summed E-state index contributed by atoms with van der Waals surface area (Å²) in [6, 6.07) is 0. The molecule has 0 saturated carbocycles. The number of unbranched alkanes of at least 4 members (excludes halogenated alkanes) is 31. The zero-order chi connectivity index (χ0) is 83.6. The first-order valence-corrected chi connectivity index (χ1v) is 48.1. The first kappa shape index (κ1) is 110. The Morgan fingerprint density at radius 2 is 0.435 bits per heavy atom. The standard InChI is InChI=1S/C97H162O16P2/c1-4-7-10-13-16-19-22-25-28-31-34-37-40-41-42-43-44-45-46-47-48-49-52-54-56-59-62-65-68-71-74-77-80-83-95(100)107-86-92(98)87-109-114(103,104)110-88-93(99)89-111-115(105,106)112-91-94(113-97(102)85-82-79-76-73-70-67-64-61-58-55-51-39-36-33-30-27-24-21-18-15-12-9-6-3)90-108-96(101)84-81-78-75-72-69-66-63-60-57-53-50-38-35-32-29-26-23-20-17-14-11-8-5-2/h7-12,16-21,25-30,34-39,41-42,53,55,57-58,92-94,98-99H,4-6,13-15,22-24,31-33,40,43-52,54,56,59-91H2,1-3H3,(H,103,104)(H,105,106)/b10-7-,11-8-,12-9-,19-16-,20-17-,21-18-,28-25-,29-26-,30-27-,37-34-,38-35-,39-36-,42-41-,57-53-,58-55-. The van der Waals surface area contributed by atoms with E-state index in [2.05, 4.69) is 203 Å². The molecule has 5 unspecified atom stereocenters. The first-order valence-electron chi connectivity index (χ1n) is 45.1. The first-order chi connectivity index (χ1) is 56.2. The molecule has 0 heterocycles. The van der Waals surface area contributed by atoms with Gasteiger partial charge in [-0.1, -0.05) is 364 Å². The van der Waals surface area contributed by atoms with E-state index in [1.54, 1.807) is 0 Å².